The highest BCUT2D eigenvalue weighted by atomic mass is 19.4. The van der Waals surface area contributed by atoms with Crippen LogP contribution >= 0.6 is 0 Å². The summed E-state index contributed by atoms with van der Waals surface area (Å²) >= 11 is 0. The smallest absolute Gasteiger partial charge is 0.419 e. The molecular weight excluding hydrogens is 279 g/mol. The topological polar surface area (TPSA) is 23.5 Å². The van der Waals surface area contributed by atoms with Crippen LogP contribution in [-0.4, -0.2) is 10.0 Å². The molecule has 0 radical (unpaired) electrons. The highest BCUT2D eigenvalue weighted by Gasteiger charge is 2.33. The molecule has 0 atom stereocenters. The van der Waals surface area contributed by atoms with Gasteiger partial charge in [0.1, 0.15) is 5.75 Å². The lowest BCUT2D eigenvalue weighted by atomic mass is 10.1. The monoisotopic (exact) mass is 293 g/mol. The second kappa shape index (κ2) is 5.07. The number of alkyl halides is 3. The summed E-state index contributed by atoms with van der Waals surface area (Å²) < 4.78 is 37.8. The molecule has 1 aliphatic rings. The summed E-state index contributed by atoms with van der Waals surface area (Å²) in [5, 5.41) is 9.54. The molecule has 0 spiro atoms. The Bertz CT molecular complexity index is 642. The van der Waals surface area contributed by atoms with Crippen molar-refractivity contribution < 1.29 is 18.3 Å². The molecule has 5 heteroatoms. The van der Waals surface area contributed by atoms with E-state index in [1.165, 1.54) is 23.3 Å². The fourth-order valence-electron chi connectivity index (χ4n) is 2.69. The quantitative estimate of drug-likeness (QED) is 0.907. The number of hydrogen-bond acceptors (Lipinski definition) is 2. The molecule has 110 valence electrons. The molecule has 0 amide bonds. The lowest BCUT2D eigenvalue weighted by molar-refractivity contribution is -0.138. The Morgan fingerprint density at radius 3 is 2.14 bits per heavy atom. The van der Waals surface area contributed by atoms with Crippen LogP contribution in [0.4, 0.5) is 13.2 Å². The van der Waals surface area contributed by atoms with E-state index in [9.17, 15) is 18.3 Å². The summed E-state index contributed by atoms with van der Waals surface area (Å²) in [6.45, 7) is 2.07. The zero-order valence-corrected chi connectivity index (χ0v) is 11.2. The Hall–Kier alpha value is -2.01. The normalized spacial score (nSPS) is 15.2. The van der Waals surface area contributed by atoms with Gasteiger partial charge in [0.25, 0.3) is 0 Å². The maximum atomic E-state index is 12.6. The van der Waals surface area contributed by atoms with E-state index < -0.39 is 17.5 Å². The van der Waals surface area contributed by atoms with E-state index in [0.29, 0.717) is 12.1 Å². The highest BCUT2D eigenvalue weighted by molar-refractivity contribution is 5.38. The van der Waals surface area contributed by atoms with Crippen LogP contribution in [0, 0.1) is 0 Å². The van der Waals surface area contributed by atoms with Crippen molar-refractivity contribution in [2.45, 2.75) is 25.8 Å². The maximum absolute atomic E-state index is 12.6. The lowest BCUT2D eigenvalue weighted by Gasteiger charge is -2.16. The molecule has 2 nitrogen and oxygen atoms in total. The summed E-state index contributed by atoms with van der Waals surface area (Å²) in [5.41, 5.74) is 2.17. The SMILES string of the molecule is Oc1cc(CN2Cc3ccccc3C2)ccc1C(F)(F)F. The van der Waals surface area contributed by atoms with Gasteiger partial charge in [-0.15, -0.1) is 0 Å². The Morgan fingerprint density at radius 1 is 1.00 bits per heavy atom. The predicted octanol–water partition coefficient (Wildman–Crippen LogP) is 3.93. The molecule has 0 saturated carbocycles. The number of halogens is 3. The van der Waals surface area contributed by atoms with Crippen LogP contribution in [0.3, 0.4) is 0 Å². The minimum Gasteiger partial charge on any atom is -0.507 e. The van der Waals surface area contributed by atoms with Gasteiger partial charge in [0.15, 0.2) is 0 Å². The van der Waals surface area contributed by atoms with Gasteiger partial charge in [0.2, 0.25) is 0 Å². The van der Waals surface area contributed by atoms with Gasteiger partial charge in [-0.1, -0.05) is 30.3 Å². The van der Waals surface area contributed by atoms with Crippen molar-refractivity contribution >= 4 is 0 Å². The molecule has 1 N–H and O–H groups in total. The number of rotatable bonds is 2. The number of phenolic OH excluding ortho intramolecular Hbond substituents is 1. The van der Waals surface area contributed by atoms with Gasteiger partial charge in [-0.3, -0.25) is 4.90 Å². The van der Waals surface area contributed by atoms with Gasteiger partial charge in [-0.2, -0.15) is 13.2 Å². The first kappa shape index (κ1) is 13.9. The van der Waals surface area contributed by atoms with Crippen molar-refractivity contribution in [1.82, 2.24) is 4.90 Å². The van der Waals surface area contributed by atoms with Crippen molar-refractivity contribution in [2.24, 2.45) is 0 Å². The molecule has 0 aliphatic carbocycles. The summed E-state index contributed by atoms with van der Waals surface area (Å²) in [4.78, 5) is 2.13. The first-order valence-corrected chi connectivity index (χ1v) is 6.62. The summed E-state index contributed by atoms with van der Waals surface area (Å²) in [6.07, 6.45) is -4.52. The average molecular weight is 293 g/mol. The van der Waals surface area contributed by atoms with E-state index in [0.717, 1.165) is 19.2 Å². The molecule has 2 aromatic carbocycles. The third-order valence-corrected chi connectivity index (χ3v) is 3.68. The first-order valence-electron chi connectivity index (χ1n) is 6.62. The van der Waals surface area contributed by atoms with Crippen LogP contribution in [-0.2, 0) is 25.8 Å². The molecule has 0 unspecified atom stereocenters. The van der Waals surface area contributed by atoms with Crippen LogP contribution in [0.25, 0.3) is 0 Å². The fourth-order valence-corrected chi connectivity index (χ4v) is 2.69. The van der Waals surface area contributed by atoms with E-state index >= 15 is 0 Å². The van der Waals surface area contributed by atoms with Crippen LogP contribution < -0.4 is 0 Å². The summed E-state index contributed by atoms with van der Waals surface area (Å²) in [7, 11) is 0. The van der Waals surface area contributed by atoms with E-state index in [1.807, 2.05) is 12.1 Å². The minimum absolute atomic E-state index is 0.514. The number of hydrogen-bond donors (Lipinski definition) is 1. The van der Waals surface area contributed by atoms with Crippen LogP contribution in [0.5, 0.6) is 5.75 Å². The van der Waals surface area contributed by atoms with E-state index in [2.05, 4.69) is 17.0 Å². The van der Waals surface area contributed by atoms with Crippen LogP contribution in [0.1, 0.15) is 22.3 Å². The molecule has 3 rings (SSSR count). The predicted molar refractivity (Wildman–Crippen MR) is 72.5 cm³/mol. The lowest BCUT2D eigenvalue weighted by Crippen LogP contribution is -2.16. The Labute approximate surface area is 120 Å². The molecule has 0 aromatic heterocycles. The molecule has 1 heterocycles. The van der Waals surface area contributed by atoms with Gasteiger partial charge < -0.3 is 5.11 Å². The Balaban J connectivity index is 1.74. The number of fused-ring (bicyclic) bond motifs is 1. The second-order valence-corrected chi connectivity index (χ2v) is 5.26. The van der Waals surface area contributed by atoms with Gasteiger partial charge >= 0.3 is 6.18 Å². The van der Waals surface area contributed by atoms with Crippen LogP contribution in [0.2, 0.25) is 0 Å². The van der Waals surface area contributed by atoms with Gasteiger partial charge in [0, 0.05) is 19.6 Å². The summed E-state index contributed by atoms with van der Waals surface area (Å²) in [5.74, 6) is -0.711. The molecular formula is C16H14F3NO. The van der Waals surface area contributed by atoms with E-state index in [4.69, 9.17) is 0 Å². The highest BCUT2D eigenvalue weighted by Crippen LogP contribution is 2.36. The average Bonchev–Trinajstić information content (AvgIpc) is 2.79. The second-order valence-electron chi connectivity index (χ2n) is 5.26. The molecule has 1 aliphatic heterocycles. The third kappa shape index (κ3) is 2.88. The van der Waals surface area contributed by atoms with Crippen LogP contribution in [0.15, 0.2) is 42.5 Å². The molecule has 0 fully saturated rings. The van der Waals surface area contributed by atoms with Crippen molar-refractivity contribution in [2.75, 3.05) is 0 Å². The van der Waals surface area contributed by atoms with Gasteiger partial charge in [-0.05, 0) is 28.8 Å². The third-order valence-electron chi connectivity index (χ3n) is 3.68. The molecule has 0 bridgehead atoms. The Kier molecular flexibility index (Phi) is 3.37. The molecule has 0 saturated heterocycles. The Morgan fingerprint density at radius 2 is 1.62 bits per heavy atom. The van der Waals surface area contributed by atoms with Gasteiger partial charge in [0.05, 0.1) is 5.56 Å². The van der Waals surface area contributed by atoms with Crippen molar-refractivity contribution in [1.29, 1.82) is 0 Å². The largest absolute Gasteiger partial charge is 0.507 e. The standard InChI is InChI=1S/C16H14F3NO/c17-16(18,19)14-6-5-11(7-15(14)21)8-20-9-12-3-1-2-4-13(12)10-20/h1-7,21H,8-10H2. The van der Waals surface area contributed by atoms with Crippen molar-refractivity contribution in [3.8, 4) is 5.75 Å². The number of aromatic hydroxyl groups is 1. The van der Waals surface area contributed by atoms with E-state index in [1.54, 1.807) is 0 Å². The van der Waals surface area contributed by atoms with Crippen molar-refractivity contribution in [3.05, 3.63) is 64.7 Å². The van der Waals surface area contributed by atoms with Gasteiger partial charge in [-0.25, -0.2) is 0 Å². The number of nitrogens with zero attached hydrogens (tertiary/aromatic N) is 1. The first-order chi connectivity index (χ1) is 9.93. The number of benzene rings is 2. The zero-order chi connectivity index (χ0) is 15.0. The van der Waals surface area contributed by atoms with E-state index in [-0.39, 0.29) is 0 Å². The molecule has 2 aromatic rings. The minimum atomic E-state index is -4.52. The van der Waals surface area contributed by atoms with Crippen molar-refractivity contribution in [3.63, 3.8) is 0 Å². The maximum Gasteiger partial charge on any atom is 0.419 e. The molecule has 21 heavy (non-hydrogen) atoms. The zero-order valence-electron chi connectivity index (χ0n) is 11.2. The summed E-state index contributed by atoms with van der Waals surface area (Å²) in [6, 6.07) is 11.6. The number of phenols is 1. The fraction of sp³-hybridized carbons (Fsp3) is 0.250.